The van der Waals surface area contributed by atoms with Crippen molar-refractivity contribution in [1.29, 1.82) is 0 Å². The summed E-state index contributed by atoms with van der Waals surface area (Å²) in [7, 11) is 0. The lowest BCUT2D eigenvalue weighted by Crippen LogP contribution is -2.27. The van der Waals surface area contributed by atoms with E-state index >= 15 is 0 Å². The van der Waals surface area contributed by atoms with Gasteiger partial charge in [-0.2, -0.15) is 0 Å². The van der Waals surface area contributed by atoms with E-state index in [9.17, 15) is 0 Å². The maximum atomic E-state index is 4.73. The van der Waals surface area contributed by atoms with Crippen LogP contribution in [0.5, 0.6) is 0 Å². The average Bonchev–Trinajstić information content (AvgIpc) is 2.27. The van der Waals surface area contributed by atoms with Crippen molar-refractivity contribution in [3.05, 3.63) is 22.8 Å². The van der Waals surface area contributed by atoms with Crippen LogP contribution in [0.1, 0.15) is 62.3 Å². The number of aromatic nitrogens is 2. The van der Waals surface area contributed by atoms with Gasteiger partial charge in [0.15, 0.2) is 0 Å². The first-order chi connectivity index (χ1) is 7.59. The Hall–Kier alpha value is -0.960. The Kier molecular flexibility index (Phi) is 3.24. The molecule has 0 aromatic carbocycles. The molecular weight excluding hydrogens is 198 g/mol. The molecule has 1 aromatic heterocycles. The summed E-state index contributed by atoms with van der Waals surface area (Å²) in [6, 6.07) is 0. The summed E-state index contributed by atoms with van der Waals surface area (Å²) in [5, 5.41) is 3.40. The molecule has 1 aromatic rings. The number of nitrogens with zero attached hydrogens (tertiary/aromatic N) is 2. The lowest BCUT2D eigenvalue weighted by Gasteiger charge is -2.22. The highest BCUT2D eigenvalue weighted by Crippen LogP contribution is 2.24. The molecule has 0 unspecified atom stereocenters. The molecule has 0 spiro atoms. The molecule has 0 bridgehead atoms. The van der Waals surface area contributed by atoms with Crippen LogP contribution in [0.3, 0.4) is 0 Å². The fourth-order valence-electron chi connectivity index (χ4n) is 2.12. The second-order valence-electron chi connectivity index (χ2n) is 5.13. The van der Waals surface area contributed by atoms with Crippen molar-refractivity contribution in [3.8, 4) is 0 Å². The first kappa shape index (κ1) is 11.5. The molecule has 16 heavy (non-hydrogen) atoms. The van der Waals surface area contributed by atoms with E-state index < -0.39 is 0 Å². The first-order valence-electron chi connectivity index (χ1n) is 6.20. The van der Waals surface area contributed by atoms with E-state index in [1.807, 2.05) is 0 Å². The Labute approximate surface area is 97.7 Å². The van der Waals surface area contributed by atoms with Crippen LogP contribution >= 0.6 is 0 Å². The Morgan fingerprint density at radius 3 is 2.44 bits per heavy atom. The summed E-state index contributed by atoms with van der Waals surface area (Å²) < 4.78 is 0. The third kappa shape index (κ3) is 2.09. The summed E-state index contributed by atoms with van der Waals surface area (Å²) >= 11 is 0. The van der Waals surface area contributed by atoms with Crippen LogP contribution in [-0.4, -0.2) is 16.5 Å². The molecule has 0 radical (unpaired) electrons. The van der Waals surface area contributed by atoms with Crippen LogP contribution in [-0.2, 0) is 13.0 Å². The van der Waals surface area contributed by atoms with Gasteiger partial charge in [-0.05, 0) is 5.92 Å². The Morgan fingerprint density at radius 2 is 1.81 bits per heavy atom. The van der Waals surface area contributed by atoms with Crippen molar-refractivity contribution in [2.45, 2.75) is 52.5 Å². The van der Waals surface area contributed by atoms with Gasteiger partial charge in [0, 0.05) is 31.0 Å². The van der Waals surface area contributed by atoms with Crippen LogP contribution in [0, 0.1) is 0 Å². The number of hydrogen-bond acceptors (Lipinski definition) is 3. The summed E-state index contributed by atoms with van der Waals surface area (Å²) in [6.45, 7) is 10.7. The van der Waals surface area contributed by atoms with Crippen molar-refractivity contribution in [3.63, 3.8) is 0 Å². The molecule has 88 valence electrons. The maximum absolute atomic E-state index is 4.73. The van der Waals surface area contributed by atoms with E-state index in [0.717, 1.165) is 25.3 Å². The van der Waals surface area contributed by atoms with Gasteiger partial charge in [0.2, 0.25) is 0 Å². The van der Waals surface area contributed by atoms with Crippen LogP contribution in [0.4, 0.5) is 0 Å². The van der Waals surface area contributed by atoms with Crippen molar-refractivity contribution in [2.75, 3.05) is 6.54 Å². The lowest BCUT2D eigenvalue weighted by molar-refractivity contribution is 0.593. The zero-order valence-electron chi connectivity index (χ0n) is 10.7. The van der Waals surface area contributed by atoms with E-state index in [1.54, 1.807) is 0 Å². The van der Waals surface area contributed by atoms with Gasteiger partial charge in [-0.15, -0.1) is 0 Å². The molecule has 0 saturated carbocycles. The zero-order valence-corrected chi connectivity index (χ0v) is 10.7. The lowest BCUT2D eigenvalue weighted by atomic mass is 9.98. The maximum Gasteiger partial charge on any atom is 0.131 e. The molecule has 3 heteroatoms. The molecule has 0 aliphatic carbocycles. The fourth-order valence-corrected chi connectivity index (χ4v) is 2.12. The predicted molar refractivity (Wildman–Crippen MR) is 65.6 cm³/mol. The van der Waals surface area contributed by atoms with Crippen LogP contribution in [0.15, 0.2) is 0 Å². The molecule has 3 nitrogen and oxygen atoms in total. The van der Waals surface area contributed by atoms with E-state index in [1.165, 1.54) is 17.0 Å². The minimum Gasteiger partial charge on any atom is -0.312 e. The summed E-state index contributed by atoms with van der Waals surface area (Å²) in [5.74, 6) is 1.90. The average molecular weight is 219 g/mol. The Balaban J connectivity index is 2.52. The summed E-state index contributed by atoms with van der Waals surface area (Å²) in [4.78, 5) is 9.44. The topological polar surface area (TPSA) is 37.8 Å². The smallest absolute Gasteiger partial charge is 0.131 e. The summed E-state index contributed by atoms with van der Waals surface area (Å²) in [5.41, 5.74) is 3.84. The van der Waals surface area contributed by atoms with Crippen LogP contribution in [0.25, 0.3) is 0 Å². The zero-order chi connectivity index (χ0) is 11.7. The quantitative estimate of drug-likeness (QED) is 0.830. The van der Waals surface area contributed by atoms with Gasteiger partial charge >= 0.3 is 0 Å². The molecule has 1 aliphatic rings. The Bertz CT molecular complexity index is 383. The van der Waals surface area contributed by atoms with Gasteiger partial charge in [-0.1, -0.05) is 27.7 Å². The third-order valence-corrected chi connectivity index (χ3v) is 3.05. The van der Waals surface area contributed by atoms with E-state index in [0.29, 0.717) is 11.8 Å². The van der Waals surface area contributed by atoms with Crippen LogP contribution in [0.2, 0.25) is 0 Å². The number of fused-ring (bicyclic) bond motifs is 1. The number of hydrogen-bond donors (Lipinski definition) is 1. The molecule has 0 saturated heterocycles. The molecule has 0 amide bonds. The van der Waals surface area contributed by atoms with Gasteiger partial charge in [0.25, 0.3) is 0 Å². The highest BCUT2D eigenvalue weighted by Gasteiger charge is 2.19. The minimum atomic E-state index is 0.415. The van der Waals surface area contributed by atoms with E-state index in [-0.39, 0.29) is 0 Å². The van der Waals surface area contributed by atoms with Gasteiger partial charge in [-0.3, -0.25) is 0 Å². The van der Waals surface area contributed by atoms with Crippen molar-refractivity contribution < 1.29 is 0 Å². The largest absolute Gasteiger partial charge is 0.312 e. The molecule has 1 N–H and O–H groups in total. The Morgan fingerprint density at radius 1 is 1.06 bits per heavy atom. The molecular formula is C13H21N3. The standard InChI is InChI=1S/C13H21N3/c1-8(2)12-10-7-14-6-5-11(10)15-13(16-12)9(3)4/h8-9,14H,5-7H2,1-4H3. The molecule has 2 rings (SSSR count). The van der Waals surface area contributed by atoms with E-state index in [4.69, 9.17) is 9.97 Å². The van der Waals surface area contributed by atoms with Gasteiger partial charge in [-0.25, -0.2) is 9.97 Å². The molecule has 0 atom stereocenters. The third-order valence-electron chi connectivity index (χ3n) is 3.05. The predicted octanol–water partition coefficient (Wildman–Crippen LogP) is 2.37. The highest BCUT2D eigenvalue weighted by molar-refractivity contribution is 5.30. The van der Waals surface area contributed by atoms with Crippen molar-refractivity contribution in [2.24, 2.45) is 0 Å². The molecule has 1 aliphatic heterocycles. The number of rotatable bonds is 2. The number of nitrogens with one attached hydrogen (secondary N) is 1. The first-order valence-corrected chi connectivity index (χ1v) is 6.20. The highest BCUT2D eigenvalue weighted by atomic mass is 15.0. The van der Waals surface area contributed by atoms with Crippen molar-refractivity contribution >= 4 is 0 Å². The molecule has 2 heterocycles. The van der Waals surface area contributed by atoms with Gasteiger partial charge in [0.1, 0.15) is 5.82 Å². The van der Waals surface area contributed by atoms with E-state index in [2.05, 4.69) is 33.0 Å². The molecule has 0 fully saturated rings. The fraction of sp³-hybridized carbons (Fsp3) is 0.692. The normalized spacial score (nSPS) is 15.6. The van der Waals surface area contributed by atoms with Crippen LogP contribution < -0.4 is 5.32 Å². The summed E-state index contributed by atoms with van der Waals surface area (Å²) in [6.07, 6.45) is 1.04. The monoisotopic (exact) mass is 219 g/mol. The van der Waals surface area contributed by atoms with Gasteiger partial charge in [0.05, 0.1) is 11.4 Å². The SMILES string of the molecule is CC(C)c1nc2c(c(C(C)C)n1)CNCC2. The van der Waals surface area contributed by atoms with Crippen molar-refractivity contribution in [1.82, 2.24) is 15.3 Å². The minimum absolute atomic E-state index is 0.415. The second-order valence-corrected chi connectivity index (χ2v) is 5.13. The second kappa shape index (κ2) is 4.50. The van der Waals surface area contributed by atoms with Gasteiger partial charge < -0.3 is 5.32 Å².